The van der Waals surface area contributed by atoms with Crippen LogP contribution >= 0.6 is 12.4 Å². The maximum atomic E-state index is 12.8. The zero-order valence-electron chi connectivity index (χ0n) is 14.1. The van der Waals surface area contributed by atoms with Crippen LogP contribution in [0.25, 0.3) is 0 Å². The van der Waals surface area contributed by atoms with Crippen molar-refractivity contribution in [1.29, 1.82) is 0 Å². The second-order valence-electron chi connectivity index (χ2n) is 7.61. The van der Waals surface area contributed by atoms with E-state index in [-0.39, 0.29) is 12.4 Å². The molecule has 0 aromatic rings. The number of halogens is 1. The summed E-state index contributed by atoms with van der Waals surface area (Å²) in [6.07, 6.45) is 11.3. The van der Waals surface area contributed by atoms with Crippen LogP contribution in [0, 0.1) is 17.8 Å². The molecule has 0 spiro atoms. The first-order valence-electron chi connectivity index (χ1n) is 9.26. The number of likely N-dealkylation sites (tertiary alicyclic amines) is 1. The van der Waals surface area contributed by atoms with E-state index in [4.69, 9.17) is 0 Å². The van der Waals surface area contributed by atoms with Crippen LogP contribution in [0.15, 0.2) is 0 Å². The van der Waals surface area contributed by atoms with Gasteiger partial charge in [-0.15, -0.1) is 12.4 Å². The van der Waals surface area contributed by atoms with Crippen molar-refractivity contribution in [2.75, 3.05) is 19.6 Å². The predicted molar refractivity (Wildman–Crippen MR) is 93.3 cm³/mol. The lowest BCUT2D eigenvalue weighted by Crippen LogP contribution is -2.41. The summed E-state index contributed by atoms with van der Waals surface area (Å²) in [6.45, 7) is 5.60. The molecule has 22 heavy (non-hydrogen) atoms. The van der Waals surface area contributed by atoms with E-state index < -0.39 is 0 Å². The first-order valence-corrected chi connectivity index (χ1v) is 9.26. The van der Waals surface area contributed by atoms with Gasteiger partial charge in [0.05, 0.1) is 0 Å². The summed E-state index contributed by atoms with van der Waals surface area (Å²) in [4.78, 5) is 15.0. The van der Waals surface area contributed by atoms with Crippen molar-refractivity contribution in [3.8, 4) is 0 Å². The molecule has 0 aromatic carbocycles. The molecule has 1 aliphatic carbocycles. The Morgan fingerprint density at radius 3 is 2.45 bits per heavy atom. The highest BCUT2D eigenvalue weighted by molar-refractivity contribution is 5.85. The van der Waals surface area contributed by atoms with Crippen molar-refractivity contribution in [3.05, 3.63) is 0 Å². The Bertz CT molecular complexity index is 351. The number of nitrogens with one attached hydrogen (secondary N) is 1. The summed E-state index contributed by atoms with van der Waals surface area (Å²) < 4.78 is 0. The highest BCUT2D eigenvalue weighted by Gasteiger charge is 2.36. The second kappa shape index (κ2) is 8.54. The molecule has 3 fully saturated rings. The quantitative estimate of drug-likeness (QED) is 0.855. The van der Waals surface area contributed by atoms with Crippen molar-refractivity contribution in [2.24, 2.45) is 17.8 Å². The van der Waals surface area contributed by atoms with Gasteiger partial charge >= 0.3 is 0 Å². The number of amides is 1. The van der Waals surface area contributed by atoms with Crippen LogP contribution in [-0.4, -0.2) is 36.5 Å². The Balaban J connectivity index is 0.00000176. The molecule has 3 rings (SSSR count). The Morgan fingerprint density at radius 2 is 1.77 bits per heavy atom. The highest BCUT2D eigenvalue weighted by Crippen LogP contribution is 2.36. The molecule has 0 radical (unpaired) electrons. The first-order chi connectivity index (χ1) is 10.3. The minimum absolute atomic E-state index is 0. The molecule has 2 aliphatic heterocycles. The fraction of sp³-hybridized carbons (Fsp3) is 0.944. The largest absolute Gasteiger partial charge is 0.339 e. The molecule has 2 saturated heterocycles. The molecule has 3 nitrogen and oxygen atoms in total. The van der Waals surface area contributed by atoms with Crippen molar-refractivity contribution in [3.63, 3.8) is 0 Å². The average molecular weight is 329 g/mol. The minimum Gasteiger partial charge on any atom is -0.339 e. The summed E-state index contributed by atoms with van der Waals surface area (Å²) in [5.74, 6) is 2.58. The van der Waals surface area contributed by atoms with Crippen molar-refractivity contribution in [2.45, 2.75) is 70.8 Å². The molecule has 3 aliphatic rings. The monoisotopic (exact) mass is 328 g/mol. The van der Waals surface area contributed by atoms with Crippen LogP contribution in [0.4, 0.5) is 0 Å². The first kappa shape index (κ1) is 18.1. The van der Waals surface area contributed by atoms with Gasteiger partial charge in [-0.3, -0.25) is 4.79 Å². The van der Waals surface area contributed by atoms with E-state index in [2.05, 4.69) is 17.1 Å². The van der Waals surface area contributed by atoms with Gasteiger partial charge < -0.3 is 10.2 Å². The number of carbonyl (C=O) groups is 1. The predicted octanol–water partition coefficient (Wildman–Crippen LogP) is 3.62. The number of rotatable bonds is 4. The molecule has 1 amide bonds. The molecule has 2 heterocycles. The topological polar surface area (TPSA) is 32.3 Å². The number of carbonyl (C=O) groups excluding carboxylic acids is 1. The van der Waals surface area contributed by atoms with Crippen LogP contribution in [0.1, 0.15) is 64.7 Å². The Morgan fingerprint density at radius 1 is 1.09 bits per heavy atom. The molecule has 2 atom stereocenters. The van der Waals surface area contributed by atoms with E-state index >= 15 is 0 Å². The van der Waals surface area contributed by atoms with Gasteiger partial charge in [-0.25, -0.2) is 0 Å². The number of hydrogen-bond donors (Lipinski definition) is 1. The van der Waals surface area contributed by atoms with Crippen LogP contribution in [0.5, 0.6) is 0 Å². The van der Waals surface area contributed by atoms with Gasteiger partial charge in [-0.2, -0.15) is 0 Å². The van der Waals surface area contributed by atoms with Crippen molar-refractivity contribution in [1.82, 2.24) is 10.2 Å². The van der Waals surface area contributed by atoms with E-state index in [9.17, 15) is 4.79 Å². The smallest absolute Gasteiger partial charge is 0.223 e. The molecular weight excluding hydrogens is 296 g/mol. The van der Waals surface area contributed by atoms with Gasteiger partial charge in [0.1, 0.15) is 0 Å². The Kier molecular flexibility index (Phi) is 7.01. The maximum absolute atomic E-state index is 12.8. The SMILES string of the molecule is CC(CC(=O)N1CCCC1C1CCCC1)C1CCNCC1.Cl. The summed E-state index contributed by atoms with van der Waals surface area (Å²) in [5, 5.41) is 3.43. The summed E-state index contributed by atoms with van der Waals surface area (Å²) in [7, 11) is 0. The van der Waals surface area contributed by atoms with E-state index in [0.29, 0.717) is 17.9 Å². The molecular formula is C18H33ClN2O. The van der Waals surface area contributed by atoms with Gasteiger partial charge in [0.2, 0.25) is 5.91 Å². The lowest BCUT2D eigenvalue weighted by Gasteiger charge is -2.33. The third kappa shape index (κ3) is 4.17. The van der Waals surface area contributed by atoms with Gasteiger partial charge in [-0.05, 0) is 69.4 Å². The average Bonchev–Trinajstić information content (AvgIpc) is 3.18. The molecule has 4 heteroatoms. The normalized spacial score (nSPS) is 28.6. The molecule has 1 N–H and O–H groups in total. The standard InChI is InChI=1S/C18H32N2O.ClH/c1-14(15-8-10-19-11-9-15)13-18(21)20-12-4-7-17(20)16-5-2-3-6-16;/h14-17,19H,2-13H2,1H3;1H. The molecule has 2 unspecified atom stereocenters. The fourth-order valence-electron chi connectivity index (χ4n) is 4.91. The van der Waals surface area contributed by atoms with Crippen molar-refractivity contribution >= 4 is 18.3 Å². The number of piperidine rings is 1. The van der Waals surface area contributed by atoms with Crippen molar-refractivity contribution < 1.29 is 4.79 Å². The minimum atomic E-state index is 0. The van der Waals surface area contributed by atoms with E-state index in [1.54, 1.807) is 0 Å². The van der Waals surface area contributed by atoms with E-state index in [0.717, 1.165) is 37.9 Å². The maximum Gasteiger partial charge on any atom is 0.223 e. The zero-order chi connectivity index (χ0) is 14.7. The number of nitrogens with zero attached hydrogens (tertiary/aromatic N) is 1. The Labute approximate surface area is 142 Å². The lowest BCUT2D eigenvalue weighted by molar-refractivity contribution is -0.134. The van der Waals surface area contributed by atoms with Crippen LogP contribution in [-0.2, 0) is 4.79 Å². The summed E-state index contributed by atoms with van der Waals surface area (Å²) >= 11 is 0. The van der Waals surface area contributed by atoms with E-state index in [1.165, 1.54) is 51.4 Å². The van der Waals surface area contributed by atoms with Gasteiger partial charge in [0.25, 0.3) is 0 Å². The van der Waals surface area contributed by atoms with Gasteiger partial charge in [0.15, 0.2) is 0 Å². The van der Waals surface area contributed by atoms with Gasteiger partial charge in [-0.1, -0.05) is 19.8 Å². The van der Waals surface area contributed by atoms with Crippen LogP contribution in [0.3, 0.4) is 0 Å². The highest BCUT2D eigenvalue weighted by atomic mass is 35.5. The zero-order valence-corrected chi connectivity index (χ0v) is 14.9. The molecule has 0 aromatic heterocycles. The van der Waals surface area contributed by atoms with E-state index in [1.807, 2.05) is 0 Å². The second-order valence-corrected chi connectivity index (χ2v) is 7.61. The Hall–Kier alpha value is -0.280. The van der Waals surface area contributed by atoms with Gasteiger partial charge in [0, 0.05) is 19.0 Å². The summed E-state index contributed by atoms with van der Waals surface area (Å²) in [5.41, 5.74) is 0. The molecule has 0 bridgehead atoms. The summed E-state index contributed by atoms with van der Waals surface area (Å²) in [6, 6.07) is 0.584. The fourth-order valence-corrected chi connectivity index (χ4v) is 4.91. The third-order valence-corrected chi connectivity index (χ3v) is 6.25. The van der Waals surface area contributed by atoms with Crippen LogP contribution < -0.4 is 5.32 Å². The third-order valence-electron chi connectivity index (χ3n) is 6.25. The number of hydrogen-bond acceptors (Lipinski definition) is 2. The molecule has 128 valence electrons. The lowest BCUT2D eigenvalue weighted by atomic mass is 9.83. The molecule has 1 saturated carbocycles. The van der Waals surface area contributed by atoms with Crippen LogP contribution in [0.2, 0.25) is 0 Å².